The van der Waals surface area contributed by atoms with E-state index in [0.29, 0.717) is 6.61 Å². The van der Waals surface area contributed by atoms with Crippen molar-refractivity contribution < 1.29 is 19.4 Å². The summed E-state index contributed by atoms with van der Waals surface area (Å²) >= 11 is 0. The third kappa shape index (κ3) is 19.5. The van der Waals surface area contributed by atoms with Crippen molar-refractivity contribution in [2.24, 2.45) is 5.73 Å². The molecule has 0 unspecified atom stereocenters. The van der Waals surface area contributed by atoms with Crippen LogP contribution in [0.3, 0.4) is 0 Å². The highest BCUT2D eigenvalue weighted by Gasteiger charge is 2.17. The predicted octanol–water partition coefficient (Wildman–Crippen LogP) is 5.59. The van der Waals surface area contributed by atoms with Gasteiger partial charge in [-0.05, 0) is 6.42 Å². The Morgan fingerprint density at radius 1 is 0.741 bits per heavy atom. The minimum atomic E-state index is -1.08. The van der Waals surface area contributed by atoms with E-state index in [-0.39, 0.29) is 6.42 Å². The number of aliphatic carboxylic acids is 1. The van der Waals surface area contributed by atoms with Gasteiger partial charge in [0.25, 0.3) is 0 Å². The molecule has 0 fully saturated rings. The summed E-state index contributed by atoms with van der Waals surface area (Å²) < 4.78 is 5.00. The predicted molar refractivity (Wildman–Crippen MR) is 111 cm³/mol. The van der Waals surface area contributed by atoms with Gasteiger partial charge in [-0.3, -0.25) is 9.59 Å². The van der Waals surface area contributed by atoms with Crippen LogP contribution in [0, 0.1) is 0 Å². The number of carboxylic acid groups (broad SMARTS) is 1. The van der Waals surface area contributed by atoms with Crippen LogP contribution in [0.1, 0.15) is 116 Å². The van der Waals surface area contributed by atoms with Crippen molar-refractivity contribution in [1.82, 2.24) is 0 Å². The largest absolute Gasteiger partial charge is 0.481 e. The zero-order valence-corrected chi connectivity index (χ0v) is 17.6. The molecule has 0 aromatic rings. The number of nitrogens with two attached hydrogens (primary N) is 1. The normalized spacial score (nSPS) is 12.1. The van der Waals surface area contributed by atoms with Crippen LogP contribution >= 0.6 is 0 Å². The lowest BCUT2D eigenvalue weighted by Crippen LogP contribution is -2.34. The second kappa shape index (κ2) is 19.7. The summed E-state index contributed by atoms with van der Waals surface area (Å²) in [5.41, 5.74) is 5.43. The molecule has 0 saturated heterocycles. The highest BCUT2D eigenvalue weighted by atomic mass is 16.5. The Balaban J connectivity index is 3.19. The highest BCUT2D eigenvalue weighted by Crippen LogP contribution is 2.13. The summed E-state index contributed by atoms with van der Waals surface area (Å²) in [6.07, 6.45) is 20.4. The van der Waals surface area contributed by atoms with Gasteiger partial charge in [0.15, 0.2) is 0 Å². The summed E-state index contributed by atoms with van der Waals surface area (Å²) in [7, 11) is 0. The van der Waals surface area contributed by atoms with Crippen molar-refractivity contribution in [1.29, 1.82) is 0 Å². The zero-order chi connectivity index (χ0) is 20.2. The molecule has 0 amide bonds. The van der Waals surface area contributed by atoms with Gasteiger partial charge in [-0.1, -0.05) is 103 Å². The maximum absolute atomic E-state index is 11.4. The van der Waals surface area contributed by atoms with Crippen molar-refractivity contribution in [3.8, 4) is 0 Å². The van der Waals surface area contributed by atoms with E-state index in [1.807, 2.05) is 0 Å². The summed E-state index contributed by atoms with van der Waals surface area (Å²) in [6, 6.07) is -1.05. The van der Waals surface area contributed by atoms with Gasteiger partial charge < -0.3 is 15.6 Å². The molecule has 1 atom stereocenters. The van der Waals surface area contributed by atoms with E-state index in [4.69, 9.17) is 15.6 Å². The fourth-order valence-corrected chi connectivity index (χ4v) is 3.20. The molecule has 0 aliphatic carbocycles. The Morgan fingerprint density at radius 3 is 1.48 bits per heavy atom. The molecule has 0 spiro atoms. The average molecular weight is 386 g/mol. The van der Waals surface area contributed by atoms with Gasteiger partial charge >= 0.3 is 11.9 Å². The van der Waals surface area contributed by atoms with Crippen molar-refractivity contribution in [2.75, 3.05) is 6.61 Å². The van der Waals surface area contributed by atoms with Gasteiger partial charge in [0.2, 0.25) is 0 Å². The van der Waals surface area contributed by atoms with Gasteiger partial charge in [-0.25, -0.2) is 0 Å². The van der Waals surface area contributed by atoms with Crippen LogP contribution in [0.4, 0.5) is 0 Å². The van der Waals surface area contributed by atoms with Gasteiger partial charge in [-0.15, -0.1) is 0 Å². The average Bonchev–Trinajstić information content (AvgIpc) is 2.63. The number of carboxylic acids is 1. The fraction of sp³-hybridized carbons (Fsp3) is 0.909. The number of hydrogen-bond acceptors (Lipinski definition) is 4. The molecule has 27 heavy (non-hydrogen) atoms. The molecule has 0 radical (unpaired) electrons. The number of unbranched alkanes of at least 4 members (excludes halogenated alkanes) is 15. The molecule has 3 N–H and O–H groups in total. The van der Waals surface area contributed by atoms with Crippen molar-refractivity contribution in [3.63, 3.8) is 0 Å². The Kier molecular flexibility index (Phi) is 18.9. The second-order valence-electron chi connectivity index (χ2n) is 7.68. The summed E-state index contributed by atoms with van der Waals surface area (Å²) in [6.45, 7) is 2.60. The molecule has 0 aliphatic heterocycles. The van der Waals surface area contributed by atoms with Crippen molar-refractivity contribution >= 4 is 11.9 Å². The molecule has 0 saturated carbocycles. The van der Waals surface area contributed by atoms with Crippen LogP contribution in [0.15, 0.2) is 0 Å². The Labute approximate surface area is 166 Å². The molecular formula is C22H43NO4. The van der Waals surface area contributed by atoms with Gasteiger partial charge in [0.1, 0.15) is 6.04 Å². The fourth-order valence-electron chi connectivity index (χ4n) is 3.20. The smallest absolute Gasteiger partial charge is 0.323 e. The van der Waals surface area contributed by atoms with Crippen LogP contribution in [-0.2, 0) is 14.3 Å². The first-order valence-corrected chi connectivity index (χ1v) is 11.2. The molecule has 0 aromatic heterocycles. The van der Waals surface area contributed by atoms with Crippen LogP contribution in [-0.4, -0.2) is 29.7 Å². The molecule has 0 aliphatic rings. The number of carbonyl (C=O) groups excluding carboxylic acids is 1. The first-order chi connectivity index (χ1) is 13.1. The van der Waals surface area contributed by atoms with E-state index >= 15 is 0 Å². The van der Waals surface area contributed by atoms with Crippen molar-refractivity contribution in [2.45, 2.75) is 122 Å². The van der Waals surface area contributed by atoms with Gasteiger partial charge in [0, 0.05) is 0 Å². The monoisotopic (exact) mass is 385 g/mol. The third-order valence-electron chi connectivity index (χ3n) is 4.94. The van der Waals surface area contributed by atoms with E-state index in [9.17, 15) is 9.59 Å². The lowest BCUT2D eigenvalue weighted by atomic mass is 10.0. The molecule has 0 aromatic carbocycles. The van der Waals surface area contributed by atoms with Crippen molar-refractivity contribution in [3.05, 3.63) is 0 Å². The number of esters is 1. The van der Waals surface area contributed by atoms with E-state index < -0.39 is 18.0 Å². The van der Waals surface area contributed by atoms with E-state index in [1.54, 1.807) is 0 Å². The number of hydrogen-bond donors (Lipinski definition) is 2. The highest BCUT2D eigenvalue weighted by molar-refractivity contribution is 5.81. The first-order valence-electron chi connectivity index (χ1n) is 11.2. The van der Waals surface area contributed by atoms with Crippen LogP contribution < -0.4 is 5.73 Å². The van der Waals surface area contributed by atoms with Gasteiger partial charge in [0.05, 0.1) is 13.0 Å². The maximum Gasteiger partial charge on any atom is 0.323 e. The molecular weight excluding hydrogens is 342 g/mol. The van der Waals surface area contributed by atoms with E-state index in [1.165, 1.54) is 83.5 Å². The van der Waals surface area contributed by atoms with E-state index in [2.05, 4.69) is 6.92 Å². The molecule has 5 nitrogen and oxygen atoms in total. The molecule has 0 heterocycles. The lowest BCUT2D eigenvalue weighted by molar-refractivity contribution is -0.149. The van der Waals surface area contributed by atoms with Crippen LogP contribution in [0.2, 0.25) is 0 Å². The second-order valence-corrected chi connectivity index (χ2v) is 7.68. The Morgan fingerprint density at radius 2 is 1.11 bits per heavy atom. The molecule has 0 rings (SSSR count). The summed E-state index contributed by atoms with van der Waals surface area (Å²) in [5, 5.41) is 8.57. The number of rotatable bonds is 20. The standard InChI is InChI=1S/C22H43NO4/c1-2-3-4-5-6-7-8-9-10-11-12-13-14-15-16-17-18-27-22(26)20(23)19-21(24)25/h20H,2-19,23H2,1H3,(H,24,25)/t20-/m0/s1. The van der Waals surface area contributed by atoms with Crippen LogP contribution in [0.5, 0.6) is 0 Å². The number of carbonyl (C=O) groups is 2. The zero-order valence-electron chi connectivity index (χ0n) is 17.6. The first kappa shape index (κ1) is 25.9. The molecule has 160 valence electrons. The van der Waals surface area contributed by atoms with Gasteiger partial charge in [-0.2, -0.15) is 0 Å². The minimum absolute atomic E-state index is 0.338. The maximum atomic E-state index is 11.4. The topological polar surface area (TPSA) is 89.6 Å². The quantitative estimate of drug-likeness (QED) is 0.210. The number of ether oxygens (including phenoxy) is 1. The van der Waals surface area contributed by atoms with Crippen LogP contribution in [0.25, 0.3) is 0 Å². The summed E-state index contributed by atoms with van der Waals surface area (Å²) in [4.78, 5) is 21.9. The Bertz CT molecular complexity index is 360. The van der Waals surface area contributed by atoms with E-state index in [0.717, 1.165) is 19.3 Å². The lowest BCUT2D eigenvalue weighted by Gasteiger charge is -2.09. The summed E-state index contributed by atoms with van der Waals surface area (Å²) in [5.74, 6) is -1.69. The molecule has 0 bridgehead atoms. The molecule has 5 heteroatoms. The Hall–Kier alpha value is -1.10. The SMILES string of the molecule is CCCCCCCCCCCCCCCCCCOC(=O)[C@@H](N)CC(=O)O. The third-order valence-corrected chi connectivity index (χ3v) is 4.94. The minimum Gasteiger partial charge on any atom is -0.481 e.